The van der Waals surface area contributed by atoms with Gasteiger partial charge >= 0.3 is 6.18 Å². The Morgan fingerprint density at radius 2 is 1.89 bits per heavy atom. The summed E-state index contributed by atoms with van der Waals surface area (Å²) in [5, 5.41) is 0. The van der Waals surface area contributed by atoms with Crippen molar-refractivity contribution in [3.8, 4) is 0 Å². The molecule has 0 saturated carbocycles. The predicted octanol–water partition coefficient (Wildman–Crippen LogP) is 4.31. The molecule has 0 aliphatic heterocycles. The zero-order chi connectivity index (χ0) is 13.3. The van der Waals surface area contributed by atoms with Crippen molar-refractivity contribution >= 4 is 17.1 Å². The molecule has 94 valence electrons. The maximum Gasteiger partial charge on any atom is 0.416 e. The van der Waals surface area contributed by atoms with Gasteiger partial charge in [0.25, 0.3) is 0 Å². The molecule has 0 atom stereocenters. The second-order valence-electron chi connectivity index (χ2n) is 3.82. The lowest BCUT2D eigenvalue weighted by Gasteiger charge is -2.07. The van der Waals surface area contributed by atoms with Gasteiger partial charge < -0.3 is 0 Å². The Morgan fingerprint density at radius 3 is 2.44 bits per heavy atom. The predicted molar refractivity (Wildman–Crippen MR) is 63.9 cm³/mol. The topological polar surface area (TPSA) is 17.1 Å². The van der Waals surface area contributed by atoms with E-state index in [9.17, 15) is 18.0 Å². The van der Waals surface area contributed by atoms with Crippen LogP contribution < -0.4 is 0 Å². The molecule has 1 aromatic heterocycles. The molecular weight excluding hydrogens is 261 g/mol. The van der Waals surface area contributed by atoms with Gasteiger partial charge in [-0.1, -0.05) is 12.1 Å². The first-order chi connectivity index (χ1) is 8.38. The molecule has 2 rings (SSSR count). The Hall–Kier alpha value is -1.62. The van der Waals surface area contributed by atoms with E-state index in [1.165, 1.54) is 23.5 Å². The number of hydrogen-bond acceptors (Lipinski definition) is 2. The van der Waals surface area contributed by atoms with Crippen molar-refractivity contribution in [1.82, 2.24) is 0 Å². The van der Waals surface area contributed by atoms with Crippen molar-refractivity contribution in [1.29, 1.82) is 0 Å². The molecular formula is C13H9F3OS. The van der Waals surface area contributed by atoms with Crippen molar-refractivity contribution in [3.05, 3.63) is 57.3 Å². The minimum atomic E-state index is -4.43. The molecule has 0 saturated heterocycles. The van der Waals surface area contributed by atoms with Gasteiger partial charge in [-0.15, -0.1) is 11.3 Å². The summed E-state index contributed by atoms with van der Waals surface area (Å²) >= 11 is 1.27. The number of benzene rings is 1. The Labute approximate surface area is 106 Å². The van der Waals surface area contributed by atoms with Gasteiger partial charge in [0.05, 0.1) is 10.4 Å². The fourth-order valence-corrected chi connectivity index (χ4v) is 2.37. The average molecular weight is 270 g/mol. The van der Waals surface area contributed by atoms with Gasteiger partial charge in [-0.3, -0.25) is 4.79 Å². The molecule has 0 bridgehead atoms. The third-order valence-electron chi connectivity index (χ3n) is 2.42. The van der Waals surface area contributed by atoms with Crippen LogP contribution in [0.1, 0.15) is 25.7 Å². The van der Waals surface area contributed by atoms with Crippen molar-refractivity contribution in [2.75, 3.05) is 0 Å². The molecule has 0 spiro atoms. The van der Waals surface area contributed by atoms with E-state index in [1.807, 2.05) is 6.92 Å². The second-order valence-corrected chi connectivity index (χ2v) is 5.11. The number of thiophene rings is 1. The lowest BCUT2D eigenvalue weighted by Crippen LogP contribution is -2.07. The zero-order valence-electron chi connectivity index (χ0n) is 9.41. The minimum absolute atomic E-state index is 0.0617. The summed E-state index contributed by atoms with van der Waals surface area (Å²) in [5.74, 6) is -0.376. The highest BCUT2D eigenvalue weighted by atomic mass is 32.1. The lowest BCUT2D eigenvalue weighted by atomic mass is 10.1. The molecule has 0 aliphatic carbocycles. The summed E-state index contributed by atoms with van der Waals surface area (Å²) in [6.45, 7) is 1.84. The van der Waals surface area contributed by atoms with Crippen LogP contribution in [0.4, 0.5) is 13.2 Å². The maximum atomic E-state index is 12.5. The van der Waals surface area contributed by atoms with Crippen LogP contribution in [-0.4, -0.2) is 5.78 Å². The first-order valence-electron chi connectivity index (χ1n) is 5.16. The summed E-state index contributed by atoms with van der Waals surface area (Å²) in [5.41, 5.74) is -0.742. The van der Waals surface area contributed by atoms with Crippen molar-refractivity contribution < 1.29 is 18.0 Å². The normalized spacial score (nSPS) is 11.6. The van der Waals surface area contributed by atoms with Crippen LogP contribution >= 0.6 is 11.3 Å². The van der Waals surface area contributed by atoms with Gasteiger partial charge in [0.1, 0.15) is 0 Å². The molecule has 1 heterocycles. The van der Waals surface area contributed by atoms with Gasteiger partial charge in [-0.05, 0) is 31.2 Å². The van der Waals surface area contributed by atoms with Crippen LogP contribution in [0, 0.1) is 6.92 Å². The minimum Gasteiger partial charge on any atom is -0.288 e. The number of carbonyl (C=O) groups excluding carboxylic acids is 1. The third kappa shape index (κ3) is 2.61. The van der Waals surface area contributed by atoms with Crippen molar-refractivity contribution in [2.45, 2.75) is 13.1 Å². The average Bonchev–Trinajstić information content (AvgIpc) is 2.74. The standard InChI is InChI=1S/C13H9F3OS/c1-8-5-6-11(18-8)12(17)9-3-2-4-10(7-9)13(14,15)16/h2-7H,1H3. The Morgan fingerprint density at radius 1 is 1.17 bits per heavy atom. The molecule has 0 amide bonds. The molecule has 0 aliphatic rings. The van der Waals surface area contributed by atoms with Gasteiger partial charge in [-0.25, -0.2) is 0 Å². The first-order valence-corrected chi connectivity index (χ1v) is 5.98. The number of halogens is 3. The summed E-state index contributed by atoms with van der Waals surface area (Å²) in [4.78, 5) is 13.4. The van der Waals surface area contributed by atoms with E-state index in [4.69, 9.17) is 0 Å². The monoisotopic (exact) mass is 270 g/mol. The van der Waals surface area contributed by atoms with Gasteiger partial charge in [0.2, 0.25) is 5.78 Å². The van der Waals surface area contributed by atoms with Crippen LogP contribution in [-0.2, 0) is 6.18 Å². The van der Waals surface area contributed by atoms with Crippen LogP contribution in [0.15, 0.2) is 36.4 Å². The largest absolute Gasteiger partial charge is 0.416 e. The van der Waals surface area contributed by atoms with E-state index < -0.39 is 11.7 Å². The Bertz CT molecular complexity index is 584. The molecule has 0 radical (unpaired) electrons. The van der Waals surface area contributed by atoms with Crippen LogP contribution in [0.3, 0.4) is 0 Å². The number of hydrogen-bond donors (Lipinski definition) is 0. The summed E-state index contributed by atoms with van der Waals surface area (Å²) in [6.07, 6.45) is -4.43. The van der Waals surface area contributed by atoms with Gasteiger partial charge in [0, 0.05) is 10.4 Å². The summed E-state index contributed by atoms with van der Waals surface area (Å²) in [7, 11) is 0. The van der Waals surface area contributed by atoms with Crippen molar-refractivity contribution in [2.24, 2.45) is 0 Å². The molecule has 0 unspecified atom stereocenters. The number of alkyl halides is 3. The second kappa shape index (κ2) is 4.57. The number of aryl methyl sites for hydroxylation is 1. The molecule has 0 N–H and O–H groups in total. The summed E-state index contributed by atoms with van der Waals surface area (Å²) in [6, 6.07) is 7.88. The van der Waals surface area contributed by atoms with E-state index >= 15 is 0 Å². The molecule has 18 heavy (non-hydrogen) atoms. The van der Waals surface area contributed by atoms with Gasteiger partial charge in [0.15, 0.2) is 0 Å². The first kappa shape index (κ1) is 12.8. The van der Waals surface area contributed by atoms with Gasteiger partial charge in [-0.2, -0.15) is 13.2 Å². The summed E-state index contributed by atoms with van der Waals surface area (Å²) < 4.78 is 37.6. The molecule has 1 nitrogen and oxygen atoms in total. The van der Waals surface area contributed by atoms with E-state index in [0.29, 0.717) is 4.88 Å². The number of rotatable bonds is 2. The van der Waals surface area contributed by atoms with E-state index in [1.54, 1.807) is 12.1 Å². The SMILES string of the molecule is Cc1ccc(C(=O)c2cccc(C(F)(F)F)c2)s1. The highest BCUT2D eigenvalue weighted by Crippen LogP contribution is 2.30. The number of carbonyl (C=O) groups is 1. The highest BCUT2D eigenvalue weighted by molar-refractivity contribution is 7.14. The number of ketones is 1. The Kier molecular flexibility index (Phi) is 3.26. The third-order valence-corrected chi connectivity index (χ3v) is 3.42. The smallest absolute Gasteiger partial charge is 0.288 e. The quantitative estimate of drug-likeness (QED) is 0.743. The molecule has 1 aromatic carbocycles. The highest BCUT2D eigenvalue weighted by Gasteiger charge is 2.31. The van der Waals surface area contributed by atoms with E-state index in [-0.39, 0.29) is 11.3 Å². The van der Waals surface area contributed by atoms with E-state index in [2.05, 4.69) is 0 Å². The zero-order valence-corrected chi connectivity index (χ0v) is 10.2. The molecule has 5 heteroatoms. The lowest BCUT2D eigenvalue weighted by molar-refractivity contribution is -0.137. The van der Waals surface area contributed by atoms with Crippen LogP contribution in [0.5, 0.6) is 0 Å². The molecule has 0 fully saturated rings. The fourth-order valence-electron chi connectivity index (χ4n) is 1.54. The van der Waals surface area contributed by atoms with Crippen LogP contribution in [0.2, 0.25) is 0 Å². The fraction of sp³-hybridized carbons (Fsp3) is 0.154. The Balaban J connectivity index is 2.37. The van der Waals surface area contributed by atoms with Crippen LogP contribution in [0.25, 0.3) is 0 Å². The maximum absolute atomic E-state index is 12.5. The van der Waals surface area contributed by atoms with Crippen molar-refractivity contribution in [3.63, 3.8) is 0 Å². The van der Waals surface area contributed by atoms with E-state index in [0.717, 1.165) is 17.0 Å². The molecule has 2 aromatic rings.